The smallest absolute Gasteiger partial charge is 0.115 e. The van der Waals surface area contributed by atoms with E-state index in [1.807, 2.05) is 18.9 Å². The number of hydrogen-bond acceptors (Lipinski definition) is 1. The van der Waals surface area contributed by atoms with E-state index in [0.717, 1.165) is 13.0 Å². The molecule has 0 N–H and O–H groups in total. The van der Waals surface area contributed by atoms with E-state index in [1.165, 1.54) is 0 Å². The van der Waals surface area contributed by atoms with Crippen LogP contribution in [0, 0.1) is 5.92 Å². The molecule has 0 aromatic rings. The molecule has 0 aliphatic carbocycles. The summed E-state index contributed by atoms with van der Waals surface area (Å²) in [6, 6.07) is 0. The normalized spacial score (nSPS) is 39.0. The average Bonchev–Trinajstić information content (AvgIpc) is 1.80. The maximum absolute atomic E-state index is 12.8. The molecule has 2 unspecified atom stereocenters. The second-order valence-electron chi connectivity index (χ2n) is 3.04. The van der Waals surface area contributed by atoms with Gasteiger partial charge >= 0.3 is 0 Å². The number of alkyl halides is 1. The molecule has 0 radical (unpaired) electrons. The minimum Gasteiger partial charge on any atom is -0.303 e. The molecule has 1 heterocycles. The van der Waals surface area contributed by atoms with E-state index in [4.69, 9.17) is 0 Å². The molecule has 1 nitrogen and oxygen atoms in total. The molecular formula is C7H14FN. The number of likely N-dealkylation sites (tertiary alicyclic amines) is 1. The van der Waals surface area contributed by atoms with Gasteiger partial charge in [0.2, 0.25) is 0 Å². The van der Waals surface area contributed by atoms with Crippen LogP contribution in [0.3, 0.4) is 0 Å². The first-order valence-electron chi connectivity index (χ1n) is 3.53. The van der Waals surface area contributed by atoms with Gasteiger partial charge in [-0.25, -0.2) is 4.39 Å². The van der Waals surface area contributed by atoms with E-state index >= 15 is 0 Å². The number of piperidine rings is 1. The Labute approximate surface area is 55.8 Å². The van der Waals surface area contributed by atoms with Crippen LogP contribution < -0.4 is 0 Å². The third kappa shape index (κ3) is 1.65. The third-order valence-electron chi connectivity index (χ3n) is 2.07. The predicted molar refractivity (Wildman–Crippen MR) is 36.2 cm³/mol. The van der Waals surface area contributed by atoms with E-state index in [9.17, 15) is 4.39 Å². The fourth-order valence-corrected chi connectivity index (χ4v) is 1.17. The fraction of sp³-hybridized carbons (Fsp3) is 1.00. The van der Waals surface area contributed by atoms with Crippen LogP contribution in [-0.2, 0) is 0 Å². The van der Waals surface area contributed by atoms with Crippen LogP contribution in [0.2, 0.25) is 0 Å². The summed E-state index contributed by atoms with van der Waals surface area (Å²) in [5.74, 6) is 0.279. The Balaban J connectivity index is 2.35. The van der Waals surface area contributed by atoms with Gasteiger partial charge in [-0.1, -0.05) is 6.92 Å². The van der Waals surface area contributed by atoms with E-state index in [2.05, 4.69) is 0 Å². The summed E-state index contributed by atoms with van der Waals surface area (Å²) in [5.41, 5.74) is 0. The van der Waals surface area contributed by atoms with Gasteiger partial charge in [0.15, 0.2) is 0 Å². The monoisotopic (exact) mass is 131 g/mol. The molecule has 2 atom stereocenters. The van der Waals surface area contributed by atoms with Gasteiger partial charge in [-0.15, -0.1) is 0 Å². The Morgan fingerprint density at radius 2 is 2.22 bits per heavy atom. The summed E-state index contributed by atoms with van der Waals surface area (Å²) in [6.45, 7) is 3.67. The molecule has 1 aliphatic rings. The van der Waals surface area contributed by atoms with Crippen LogP contribution >= 0.6 is 0 Å². The predicted octanol–water partition coefficient (Wildman–Crippen LogP) is 1.30. The van der Waals surface area contributed by atoms with Crippen LogP contribution in [0.5, 0.6) is 0 Å². The van der Waals surface area contributed by atoms with Crippen LogP contribution in [0.1, 0.15) is 13.3 Å². The molecule has 0 aromatic heterocycles. The van der Waals surface area contributed by atoms with Gasteiger partial charge in [-0.3, -0.25) is 0 Å². The van der Waals surface area contributed by atoms with Crippen molar-refractivity contribution in [3.8, 4) is 0 Å². The lowest BCUT2D eigenvalue weighted by Crippen LogP contribution is -2.38. The Bertz CT molecular complexity index is 94.9. The lowest BCUT2D eigenvalue weighted by Gasteiger charge is -2.29. The first kappa shape index (κ1) is 7.00. The molecule has 2 heteroatoms. The van der Waals surface area contributed by atoms with Gasteiger partial charge in [0.1, 0.15) is 6.17 Å². The van der Waals surface area contributed by atoms with Crippen LogP contribution in [0.25, 0.3) is 0 Å². The summed E-state index contributed by atoms with van der Waals surface area (Å²) in [7, 11) is 1.97. The molecule has 54 valence electrons. The van der Waals surface area contributed by atoms with Crippen molar-refractivity contribution in [3.63, 3.8) is 0 Å². The quantitative estimate of drug-likeness (QED) is 0.479. The largest absolute Gasteiger partial charge is 0.303 e. The summed E-state index contributed by atoms with van der Waals surface area (Å²) < 4.78 is 12.8. The Kier molecular flexibility index (Phi) is 2.06. The van der Waals surface area contributed by atoms with Crippen molar-refractivity contribution in [2.75, 3.05) is 20.1 Å². The molecule has 0 amide bonds. The van der Waals surface area contributed by atoms with Crippen molar-refractivity contribution < 1.29 is 4.39 Å². The number of hydrogen-bond donors (Lipinski definition) is 0. The second-order valence-corrected chi connectivity index (χ2v) is 3.04. The number of halogens is 1. The van der Waals surface area contributed by atoms with Crippen molar-refractivity contribution in [1.82, 2.24) is 4.90 Å². The molecule has 1 rings (SSSR count). The standard InChI is InChI=1S/C7H14FN/c1-6-3-4-9(2)5-7(6)8/h6-7H,3-5H2,1-2H3. The van der Waals surface area contributed by atoms with Crippen molar-refractivity contribution in [2.45, 2.75) is 19.5 Å². The van der Waals surface area contributed by atoms with E-state index in [0.29, 0.717) is 6.54 Å². The summed E-state index contributed by atoms with van der Waals surface area (Å²) >= 11 is 0. The van der Waals surface area contributed by atoms with Gasteiger partial charge in [0, 0.05) is 6.54 Å². The minimum absolute atomic E-state index is 0.279. The van der Waals surface area contributed by atoms with Gasteiger partial charge < -0.3 is 4.90 Å². The van der Waals surface area contributed by atoms with E-state index in [-0.39, 0.29) is 5.92 Å². The highest BCUT2D eigenvalue weighted by Crippen LogP contribution is 2.17. The van der Waals surface area contributed by atoms with Crippen LogP contribution in [-0.4, -0.2) is 31.2 Å². The Morgan fingerprint density at radius 3 is 2.67 bits per heavy atom. The lowest BCUT2D eigenvalue weighted by atomic mass is 9.98. The Hall–Kier alpha value is -0.110. The van der Waals surface area contributed by atoms with Crippen molar-refractivity contribution >= 4 is 0 Å². The van der Waals surface area contributed by atoms with E-state index in [1.54, 1.807) is 0 Å². The highest BCUT2D eigenvalue weighted by Gasteiger charge is 2.22. The SMILES string of the molecule is CC1CCN(C)CC1F. The zero-order chi connectivity index (χ0) is 6.85. The second kappa shape index (κ2) is 2.65. The summed E-state index contributed by atoms with van der Waals surface area (Å²) in [5, 5.41) is 0. The molecule has 9 heavy (non-hydrogen) atoms. The van der Waals surface area contributed by atoms with Gasteiger partial charge in [-0.2, -0.15) is 0 Å². The van der Waals surface area contributed by atoms with Gasteiger partial charge in [-0.05, 0) is 25.9 Å². The van der Waals surface area contributed by atoms with Gasteiger partial charge in [0.25, 0.3) is 0 Å². The summed E-state index contributed by atoms with van der Waals surface area (Å²) in [4.78, 5) is 2.05. The van der Waals surface area contributed by atoms with Crippen molar-refractivity contribution in [1.29, 1.82) is 0 Å². The minimum atomic E-state index is -0.594. The van der Waals surface area contributed by atoms with Crippen molar-refractivity contribution in [3.05, 3.63) is 0 Å². The third-order valence-corrected chi connectivity index (χ3v) is 2.07. The molecule has 1 fully saturated rings. The highest BCUT2D eigenvalue weighted by molar-refractivity contribution is 4.74. The molecule has 1 aliphatic heterocycles. The van der Waals surface area contributed by atoms with Crippen LogP contribution in [0.15, 0.2) is 0 Å². The molecular weight excluding hydrogens is 117 g/mol. The topological polar surface area (TPSA) is 3.24 Å². The van der Waals surface area contributed by atoms with E-state index < -0.39 is 6.17 Å². The first-order valence-corrected chi connectivity index (χ1v) is 3.53. The first-order chi connectivity index (χ1) is 4.20. The summed E-state index contributed by atoms with van der Waals surface area (Å²) in [6.07, 6.45) is 0.418. The maximum atomic E-state index is 12.8. The van der Waals surface area contributed by atoms with Gasteiger partial charge in [0.05, 0.1) is 0 Å². The molecule has 0 aromatic carbocycles. The fourth-order valence-electron chi connectivity index (χ4n) is 1.17. The number of nitrogens with zero attached hydrogens (tertiary/aromatic N) is 1. The Morgan fingerprint density at radius 1 is 1.56 bits per heavy atom. The maximum Gasteiger partial charge on any atom is 0.115 e. The average molecular weight is 131 g/mol. The zero-order valence-electron chi connectivity index (χ0n) is 6.10. The molecule has 0 saturated carbocycles. The lowest BCUT2D eigenvalue weighted by molar-refractivity contribution is 0.112. The molecule has 0 spiro atoms. The van der Waals surface area contributed by atoms with Crippen LogP contribution in [0.4, 0.5) is 4.39 Å². The highest BCUT2D eigenvalue weighted by atomic mass is 19.1. The number of rotatable bonds is 0. The molecule has 0 bridgehead atoms. The van der Waals surface area contributed by atoms with Crippen molar-refractivity contribution in [2.24, 2.45) is 5.92 Å². The zero-order valence-corrected chi connectivity index (χ0v) is 6.10. The molecule has 1 saturated heterocycles.